The van der Waals surface area contributed by atoms with Gasteiger partial charge in [0.05, 0.1) is 14.2 Å². The molecule has 0 aliphatic rings. The van der Waals surface area contributed by atoms with Crippen LogP contribution in [0.25, 0.3) is 5.57 Å². The Morgan fingerprint density at radius 2 is 1.76 bits per heavy atom. The Morgan fingerprint density at radius 3 is 2.43 bits per heavy atom. The van der Waals surface area contributed by atoms with Gasteiger partial charge in [-0.25, -0.2) is 0 Å². The lowest BCUT2D eigenvalue weighted by atomic mass is 9.95. The van der Waals surface area contributed by atoms with Crippen LogP contribution in [0.4, 0.5) is 0 Å². The summed E-state index contributed by atoms with van der Waals surface area (Å²) in [6, 6.07) is 14.1. The van der Waals surface area contributed by atoms with E-state index in [-0.39, 0.29) is 0 Å². The first-order valence-corrected chi connectivity index (χ1v) is 6.85. The number of hydrogen-bond acceptors (Lipinski definition) is 3. The largest absolute Gasteiger partial charge is 0.493 e. The molecular weight excluding hydrogens is 262 g/mol. The molecule has 0 radical (unpaired) electrons. The van der Waals surface area contributed by atoms with Crippen molar-refractivity contribution >= 4 is 5.57 Å². The second-order valence-corrected chi connectivity index (χ2v) is 4.74. The molecule has 0 saturated heterocycles. The van der Waals surface area contributed by atoms with E-state index in [0.717, 1.165) is 29.0 Å². The molecule has 0 aromatic heterocycles. The number of methoxy groups -OCH3 is 2. The first kappa shape index (κ1) is 15.1. The number of ether oxygens (including phenoxy) is 2. The lowest BCUT2D eigenvalue weighted by molar-refractivity contribution is 0.355. The summed E-state index contributed by atoms with van der Waals surface area (Å²) in [4.78, 5) is 0. The van der Waals surface area contributed by atoms with Crippen molar-refractivity contribution < 1.29 is 9.47 Å². The van der Waals surface area contributed by atoms with E-state index in [4.69, 9.17) is 9.47 Å². The lowest BCUT2D eigenvalue weighted by Crippen LogP contribution is -2.07. The van der Waals surface area contributed by atoms with Crippen molar-refractivity contribution in [3.05, 3.63) is 65.7 Å². The van der Waals surface area contributed by atoms with E-state index in [1.807, 2.05) is 37.4 Å². The first-order valence-electron chi connectivity index (χ1n) is 6.85. The van der Waals surface area contributed by atoms with Crippen molar-refractivity contribution in [2.24, 2.45) is 0 Å². The molecule has 0 fully saturated rings. The standard InChI is InChI=1S/C18H21NO2/c1-13(16-8-6-5-7-15(16)12-19-2)14-9-10-17(20-3)18(11-14)21-4/h5-11,19H,1,12H2,2-4H3. The molecule has 2 aromatic carbocycles. The highest BCUT2D eigenvalue weighted by molar-refractivity contribution is 5.80. The van der Waals surface area contributed by atoms with Gasteiger partial charge in [-0.3, -0.25) is 0 Å². The highest BCUT2D eigenvalue weighted by atomic mass is 16.5. The monoisotopic (exact) mass is 283 g/mol. The van der Waals surface area contributed by atoms with Crippen LogP contribution in [-0.2, 0) is 6.54 Å². The third-order valence-corrected chi connectivity index (χ3v) is 3.44. The SMILES string of the molecule is C=C(c1ccc(OC)c(OC)c1)c1ccccc1CNC. The third kappa shape index (κ3) is 3.26. The van der Waals surface area contributed by atoms with Gasteiger partial charge in [0.25, 0.3) is 0 Å². The smallest absolute Gasteiger partial charge is 0.161 e. The average molecular weight is 283 g/mol. The molecule has 110 valence electrons. The minimum Gasteiger partial charge on any atom is -0.493 e. The van der Waals surface area contributed by atoms with Gasteiger partial charge in [-0.1, -0.05) is 36.9 Å². The molecular formula is C18H21NO2. The molecule has 0 bridgehead atoms. The molecule has 2 aromatic rings. The van der Waals surface area contributed by atoms with E-state index in [9.17, 15) is 0 Å². The number of benzene rings is 2. The number of nitrogens with one attached hydrogen (secondary N) is 1. The Morgan fingerprint density at radius 1 is 1.05 bits per heavy atom. The number of rotatable bonds is 6. The van der Waals surface area contributed by atoms with Gasteiger partial charge >= 0.3 is 0 Å². The summed E-state index contributed by atoms with van der Waals surface area (Å²) >= 11 is 0. The Balaban J connectivity index is 2.40. The third-order valence-electron chi connectivity index (χ3n) is 3.44. The van der Waals surface area contributed by atoms with E-state index >= 15 is 0 Å². The van der Waals surface area contributed by atoms with E-state index in [1.165, 1.54) is 5.56 Å². The van der Waals surface area contributed by atoms with Crippen molar-refractivity contribution in [2.45, 2.75) is 6.54 Å². The molecule has 0 aliphatic carbocycles. The van der Waals surface area contributed by atoms with Crippen molar-refractivity contribution in [1.29, 1.82) is 0 Å². The molecule has 1 N–H and O–H groups in total. The zero-order valence-corrected chi connectivity index (χ0v) is 12.8. The fourth-order valence-corrected chi connectivity index (χ4v) is 2.34. The topological polar surface area (TPSA) is 30.5 Å². The molecule has 0 heterocycles. The van der Waals surface area contributed by atoms with Crippen molar-refractivity contribution in [1.82, 2.24) is 5.32 Å². The summed E-state index contributed by atoms with van der Waals surface area (Å²) in [5.74, 6) is 1.43. The second kappa shape index (κ2) is 6.95. The van der Waals surface area contributed by atoms with Crippen LogP contribution in [0.2, 0.25) is 0 Å². The molecule has 0 unspecified atom stereocenters. The molecule has 0 atom stereocenters. The molecule has 3 heteroatoms. The average Bonchev–Trinajstić information content (AvgIpc) is 2.54. The fourth-order valence-electron chi connectivity index (χ4n) is 2.34. The van der Waals surface area contributed by atoms with Crippen LogP contribution in [0.3, 0.4) is 0 Å². The van der Waals surface area contributed by atoms with E-state index in [1.54, 1.807) is 14.2 Å². The maximum absolute atomic E-state index is 5.36. The summed E-state index contributed by atoms with van der Waals surface area (Å²) in [7, 11) is 5.21. The summed E-state index contributed by atoms with van der Waals surface area (Å²) in [5, 5.41) is 3.19. The van der Waals surface area contributed by atoms with Crippen LogP contribution in [-0.4, -0.2) is 21.3 Å². The van der Waals surface area contributed by atoms with Gasteiger partial charge in [0.2, 0.25) is 0 Å². The molecule has 0 saturated carbocycles. The van der Waals surface area contributed by atoms with Gasteiger partial charge < -0.3 is 14.8 Å². The van der Waals surface area contributed by atoms with Gasteiger partial charge in [-0.2, -0.15) is 0 Å². The van der Waals surface area contributed by atoms with E-state index in [2.05, 4.69) is 24.0 Å². The number of hydrogen-bond donors (Lipinski definition) is 1. The van der Waals surface area contributed by atoms with Gasteiger partial charge in [-0.05, 0) is 41.4 Å². The zero-order valence-electron chi connectivity index (χ0n) is 12.8. The minimum atomic E-state index is 0.710. The van der Waals surface area contributed by atoms with Crippen LogP contribution in [0, 0.1) is 0 Å². The predicted octanol–water partition coefficient (Wildman–Crippen LogP) is 3.48. The fraction of sp³-hybridized carbons (Fsp3) is 0.222. The quantitative estimate of drug-likeness (QED) is 0.880. The predicted molar refractivity (Wildman–Crippen MR) is 86.9 cm³/mol. The maximum atomic E-state index is 5.36. The van der Waals surface area contributed by atoms with Crippen molar-refractivity contribution in [2.75, 3.05) is 21.3 Å². The Hall–Kier alpha value is -2.26. The van der Waals surface area contributed by atoms with Gasteiger partial charge in [0.15, 0.2) is 11.5 Å². The Kier molecular flexibility index (Phi) is 5.01. The van der Waals surface area contributed by atoms with Crippen LogP contribution < -0.4 is 14.8 Å². The lowest BCUT2D eigenvalue weighted by Gasteiger charge is -2.14. The summed E-state index contributed by atoms with van der Waals surface area (Å²) in [5.41, 5.74) is 4.36. The summed E-state index contributed by atoms with van der Waals surface area (Å²) in [6.07, 6.45) is 0. The van der Waals surface area contributed by atoms with E-state index in [0.29, 0.717) is 5.75 Å². The van der Waals surface area contributed by atoms with Crippen molar-refractivity contribution in [3.63, 3.8) is 0 Å². The highest BCUT2D eigenvalue weighted by Gasteiger charge is 2.10. The van der Waals surface area contributed by atoms with Crippen LogP contribution in [0.5, 0.6) is 11.5 Å². The minimum absolute atomic E-state index is 0.710. The zero-order chi connectivity index (χ0) is 15.2. The molecule has 2 rings (SSSR count). The van der Waals surface area contributed by atoms with Crippen LogP contribution in [0.1, 0.15) is 16.7 Å². The second-order valence-electron chi connectivity index (χ2n) is 4.74. The summed E-state index contributed by atoms with van der Waals surface area (Å²) < 4.78 is 10.6. The van der Waals surface area contributed by atoms with Gasteiger partial charge in [0, 0.05) is 6.54 Å². The molecule has 0 amide bonds. The normalized spacial score (nSPS) is 10.2. The van der Waals surface area contributed by atoms with Crippen LogP contribution in [0.15, 0.2) is 49.0 Å². The molecule has 0 aliphatic heterocycles. The van der Waals surface area contributed by atoms with Crippen LogP contribution >= 0.6 is 0 Å². The molecule has 3 nitrogen and oxygen atoms in total. The maximum Gasteiger partial charge on any atom is 0.161 e. The van der Waals surface area contributed by atoms with E-state index < -0.39 is 0 Å². The molecule has 0 spiro atoms. The summed E-state index contributed by atoms with van der Waals surface area (Å²) in [6.45, 7) is 5.05. The molecule has 21 heavy (non-hydrogen) atoms. The highest BCUT2D eigenvalue weighted by Crippen LogP contribution is 2.32. The Bertz CT molecular complexity index is 635. The Labute approximate surface area is 126 Å². The van der Waals surface area contributed by atoms with Gasteiger partial charge in [-0.15, -0.1) is 0 Å². The van der Waals surface area contributed by atoms with Gasteiger partial charge in [0.1, 0.15) is 0 Å². The first-order chi connectivity index (χ1) is 10.2. The van der Waals surface area contributed by atoms with Crippen molar-refractivity contribution in [3.8, 4) is 11.5 Å².